The van der Waals surface area contributed by atoms with Gasteiger partial charge in [0.05, 0.1) is 0 Å². The van der Waals surface area contributed by atoms with Crippen molar-refractivity contribution in [1.29, 1.82) is 0 Å². The van der Waals surface area contributed by atoms with Crippen molar-refractivity contribution in [2.45, 2.75) is 58.9 Å². The van der Waals surface area contributed by atoms with Crippen molar-refractivity contribution in [3.05, 3.63) is 30.1 Å². The highest BCUT2D eigenvalue weighted by Gasteiger charge is 2.01. The third-order valence-corrected chi connectivity index (χ3v) is 2.76. The van der Waals surface area contributed by atoms with Gasteiger partial charge in [-0.05, 0) is 18.9 Å². The van der Waals surface area contributed by atoms with E-state index < -0.39 is 0 Å². The smallest absolute Gasteiger partial charge is 0.171 e. The molecule has 1 aromatic heterocycles. The fourth-order valence-electron chi connectivity index (χ4n) is 1.78. The first-order valence-electron chi connectivity index (χ1n) is 6.34. The van der Waals surface area contributed by atoms with Gasteiger partial charge in [0.2, 0.25) is 0 Å². The molecule has 0 aliphatic heterocycles. The number of aromatic nitrogens is 1. The van der Waals surface area contributed by atoms with Crippen LogP contribution in [0.5, 0.6) is 0 Å². The Bertz CT molecular complexity index is 268. The third kappa shape index (κ3) is 4.96. The van der Waals surface area contributed by atoms with Crippen LogP contribution >= 0.6 is 0 Å². The predicted octanol–water partition coefficient (Wildman–Crippen LogP) is 3.51. The maximum absolute atomic E-state index is 2.32. The van der Waals surface area contributed by atoms with Gasteiger partial charge in [0.1, 0.15) is 6.54 Å². The van der Waals surface area contributed by atoms with E-state index in [1.165, 1.54) is 44.1 Å². The van der Waals surface area contributed by atoms with Crippen molar-refractivity contribution in [3.8, 4) is 0 Å². The summed E-state index contributed by atoms with van der Waals surface area (Å²) in [5.74, 6) is 0. The van der Waals surface area contributed by atoms with Crippen molar-refractivity contribution in [2.24, 2.45) is 0 Å². The average Bonchev–Trinajstić information content (AvgIpc) is 2.27. The lowest BCUT2D eigenvalue weighted by Crippen LogP contribution is -2.33. The molecule has 84 valence electrons. The summed E-state index contributed by atoms with van der Waals surface area (Å²) in [6.45, 7) is 5.66. The number of hydrogen-bond donors (Lipinski definition) is 0. The zero-order valence-corrected chi connectivity index (χ0v) is 10.2. The normalized spacial score (nSPS) is 10.5. The molecule has 0 fully saturated rings. The first-order valence-corrected chi connectivity index (χ1v) is 6.34. The van der Waals surface area contributed by atoms with Crippen LogP contribution in [0.15, 0.2) is 24.5 Å². The van der Waals surface area contributed by atoms with Gasteiger partial charge in [-0.15, -0.1) is 0 Å². The Kier molecular flexibility index (Phi) is 6.06. The van der Waals surface area contributed by atoms with Crippen LogP contribution in [0.3, 0.4) is 0 Å². The molecule has 15 heavy (non-hydrogen) atoms. The highest BCUT2D eigenvalue weighted by molar-refractivity contribution is 5.05. The number of unbranched alkanes of at least 4 members (excludes halogenated alkanes) is 3. The molecule has 0 spiro atoms. The lowest BCUT2D eigenvalue weighted by molar-refractivity contribution is -0.697. The SMILES string of the molecule is CCCCCc1ccc[n+](CCCC)c1. The van der Waals surface area contributed by atoms with Gasteiger partial charge in [-0.25, -0.2) is 4.57 Å². The molecule has 0 saturated carbocycles. The van der Waals surface area contributed by atoms with Gasteiger partial charge in [-0.3, -0.25) is 0 Å². The van der Waals surface area contributed by atoms with Gasteiger partial charge in [0.25, 0.3) is 0 Å². The number of hydrogen-bond acceptors (Lipinski definition) is 0. The van der Waals surface area contributed by atoms with Crippen molar-refractivity contribution >= 4 is 0 Å². The molecule has 1 heteroatoms. The van der Waals surface area contributed by atoms with Crippen LogP contribution in [0, 0.1) is 0 Å². The summed E-state index contributed by atoms with van der Waals surface area (Å²) in [6.07, 6.45) is 12.3. The standard InChI is InChI=1S/C14H24N/c1-3-5-7-9-14-10-8-12-15(13-14)11-6-4-2/h8,10,12-13H,3-7,9,11H2,1-2H3/q+1. The summed E-state index contributed by atoms with van der Waals surface area (Å²) in [5, 5.41) is 0. The Balaban J connectivity index is 2.42. The maximum Gasteiger partial charge on any atom is 0.171 e. The molecule has 0 amide bonds. The molecule has 0 unspecified atom stereocenters. The molecule has 0 aliphatic carbocycles. The molecule has 1 aromatic rings. The van der Waals surface area contributed by atoms with E-state index in [-0.39, 0.29) is 0 Å². The second-order valence-corrected chi connectivity index (χ2v) is 4.26. The molecular weight excluding hydrogens is 182 g/mol. The Hall–Kier alpha value is -0.850. The number of pyridine rings is 1. The molecule has 1 nitrogen and oxygen atoms in total. The Morgan fingerprint density at radius 2 is 1.87 bits per heavy atom. The molecule has 0 saturated heterocycles. The zero-order chi connectivity index (χ0) is 10.9. The molecule has 0 bridgehead atoms. The lowest BCUT2D eigenvalue weighted by atomic mass is 10.1. The molecule has 0 atom stereocenters. The minimum atomic E-state index is 1.16. The van der Waals surface area contributed by atoms with E-state index in [1.54, 1.807) is 0 Å². The van der Waals surface area contributed by atoms with E-state index >= 15 is 0 Å². The van der Waals surface area contributed by atoms with Gasteiger partial charge < -0.3 is 0 Å². The number of rotatable bonds is 7. The monoisotopic (exact) mass is 206 g/mol. The summed E-state index contributed by atoms with van der Waals surface area (Å²) in [6, 6.07) is 4.43. The average molecular weight is 206 g/mol. The Morgan fingerprint density at radius 1 is 1.07 bits per heavy atom. The van der Waals surface area contributed by atoms with Crippen LogP contribution in [0.2, 0.25) is 0 Å². The lowest BCUT2D eigenvalue weighted by Gasteiger charge is -2.00. The topological polar surface area (TPSA) is 3.88 Å². The van der Waals surface area contributed by atoms with Gasteiger partial charge in [0, 0.05) is 18.1 Å². The summed E-state index contributed by atoms with van der Waals surface area (Å²) in [5.41, 5.74) is 1.49. The fourth-order valence-corrected chi connectivity index (χ4v) is 1.78. The summed E-state index contributed by atoms with van der Waals surface area (Å²) in [7, 11) is 0. The van der Waals surface area contributed by atoms with Crippen LogP contribution in [-0.4, -0.2) is 0 Å². The van der Waals surface area contributed by atoms with Gasteiger partial charge in [-0.1, -0.05) is 33.1 Å². The largest absolute Gasteiger partial charge is 0.205 e. The Labute approximate surface area is 94.1 Å². The van der Waals surface area contributed by atoms with Crippen LogP contribution < -0.4 is 4.57 Å². The summed E-state index contributed by atoms with van der Waals surface area (Å²) < 4.78 is 2.32. The molecule has 0 aromatic carbocycles. The van der Waals surface area contributed by atoms with E-state index in [4.69, 9.17) is 0 Å². The van der Waals surface area contributed by atoms with Gasteiger partial charge in [0.15, 0.2) is 12.4 Å². The molecule has 0 aliphatic rings. The highest BCUT2D eigenvalue weighted by atomic mass is 14.9. The quantitative estimate of drug-likeness (QED) is 0.475. The summed E-state index contributed by atoms with van der Waals surface area (Å²) in [4.78, 5) is 0. The predicted molar refractivity (Wildman–Crippen MR) is 64.8 cm³/mol. The minimum Gasteiger partial charge on any atom is -0.205 e. The van der Waals surface area contributed by atoms with Crippen molar-refractivity contribution < 1.29 is 4.57 Å². The van der Waals surface area contributed by atoms with E-state index in [2.05, 4.69) is 42.9 Å². The molecule has 0 radical (unpaired) electrons. The summed E-state index contributed by atoms with van der Waals surface area (Å²) >= 11 is 0. The number of aryl methyl sites for hydroxylation is 2. The Morgan fingerprint density at radius 3 is 2.60 bits per heavy atom. The van der Waals surface area contributed by atoms with E-state index in [0.717, 1.165) is 6.54 Å². The minimum absolute atomic E-state index is 1.16. The van der Waals surface area contributed by atoms with Crippen molar-refractivity contribution in [2.75, 3.05) is 0 Å². The number of nitrogens with zero attached hydrogens (tertiary/aromatic N) is 1. The van der Waals surface area contributed by atoms with Gasteiger partial charge >= 0.3 is 0 Å². The van der Waals surface area contributed by atoms with Crippen LogP contribution in [-0.2, 0) is 13.0 Å². The molecule has 1 heterocycles. The molecule has 0 N–H and O–H groups in total. The first-order chi connectivity index (χ1) is 7.36. The van der Waals surface area contributed by atoms with Crippen LogP contribution in [0.4, 0.5) is 0 Å². The maximum atomic E-state index is 2.32. The van der Waals surface area contributed by atoms with Crippen LogP contribution in [0.25, 0.3) is 0 Å². The first kappa shape index (κ1) is 12.2. The second kappa shape index (κ2) is 7.44. The molecular formula is C14H24N+. The van der Waals surface area contributed by atoms with E-state index in [9.17, 15) is 0 Å². The van der Waals surface area contributed by atoms with E-state index in [0.29, 0.717) is 0 Å². The van der Waals surface area contributed by atoms with E-state index in [1.807, 2.05) is 0 Å². The highest BCUT2D eigenvalue weighted by Crippen LogP contribution is 2.04. The van der Waals surface area contributed by atoms with Crippen molar-refractivity contribution in [3.63, 3.8) is 0 Å². The fraction of sp³-hybridized carbons (Fsp3) is 0.643. The zero-order valence-electron chi connectivity index (χ0n) is 10.2. The van der Waals surface area contributed by atoms with Gasteiger partial charge in [-0.2, -0.15) is 0 Å². The third-order valence-electron chi connectivity index (χ3n) is 2.76. The van der Waals surface area contributed by atoms with Crippen LogP contribution in [0.1, 0.15) is 51.5 Å². The second-order valence-electron chi connectivity index (χ2n) is 4.26. The van der Waals surface area contributed by atoms with Crippen molar-refractivity contribution in [1.82, 2.24) is 0 Å². The molecule has 1 rings (SSSR count).